The van der Waals surface area contributed by atoms with Crippen molar-refractivity contribution in [3.63, 3.8) is 0 Å². The van der Waals surface area contributed by atoms with E-state index in [0.717, 1.165) is 18.8 Å². The van der Waals surface area contributed by atoms with Crippen molar-refractivity contribution in [2.45, 2.75) is 70.7 Å². The van der Waals surface area contributed by atoms with Crippen molar-refractivity contribution in [2.75, 3.05) is 54.1 Å². The molecule has 2 aromatic rings. The Labute approximate surface area is 283 Å². The number of hydrogen-bond acceptors (Lipinski definition) is 7. The number of aliphatic hydroxyl groups is 1. The van der Waals surface area contributed by atoms with E-state index in [4.69, 9.17) is 9.47 Å². The highest BCUT2D eigenvalue weighted by Crippen LogP contribution is 2.59. The monoisotopic (exact) mass is 656 g/mol. The number of benzene rings is 2. The van der Waals surface area contributed by atoms with Gasteiger partial charge in [-0.1, -0.05) is 38.2 Å². The lowest BCUT2D eigenvalue weighted by molar-refractivity contribution is -0.149. The molecule has 0 saturated carbocycles. The molecule has 4 aliphatic heterocycles. The zero-order chi connectivity index (χ0) is 34.2. The minimum Gasteiger partial charge on any atom is -0.494 e. The summed E-state index contributed by atoms with van der Waals surface area (Å²) in [7, 11) is 0. The molecule has 1 unspecified atom stereocenters. The molecule has 0 bridgehead atoms. The van der Waals surface area contributed by atoms with Crippen LogP contribution in [0.25, 0.3) is 0 Å². The van der Waals surface area contributed by atoms with Crippen molar-refractivity contribution in [1.82, 2.24) is 4.90 Å². The molecule has 10 nitrogen and oxygen atoms in total. The lowest BCUT2D eigenvalue weighted by Gasteiger charge is -2.40. The van der Waals surface area contributed by atoms with E-state index in [1.165, 1.54) is 4.90 Å². The molecule has 4 aliphatic rings. The van der Waals surface area contributed by atoms with Gasteiger partial charge >= 0.3 is 0 Å². The first-order valence-corrected chi connectivity index (χ1v) is 17.4. The van der Waals surface area contributed by atoms with Gasteiger partial charge in [-0.2, -0.15) is 0 Å². The molecule has 2 fully saturated rings. The topological polar surface area (TPSA) is 103 Å². The normalized spacial score (nSPS) is 28.6. The predicted molar refractivity (Wildman–Crippen MR) is 186 cm³/mol. The highest BCUT2D eigenvalue weighted by Gasteiger charge is 2.76. The summed E-state index contributed by atoms with van der Waals surface area (Å²) in [6.45, 7) is 12.5. The number of amides is 3. The maximum Gasteiger partial charge on any atom is 0.253 e. The first-order chi connectivity index (χ1) is 23.2. The average Bonchev–Trinajstić information content (AvgIpc) is 3.39. The van der Waals surface area contributed by atoms with Crippen molar-refractivity contribution >= 4 is 34.8 Å². The molecule has 2 aromatic carbocycles. The number of ether oxygens (including phenoxy) is 2. The maximum absolute atomic E-state index is 14.9. The third kappa shape index (κ3) is 5.20. The Morgan fingerprint density at radius 2 is 1.44 bits per heavy atom. The van der Waals surface area contributed by atoms with Crippen LogP contribution in [0.1, 0.15) is 47.5 Å². The summed E-state index contributed by atoms with van der Waals surface area (Å²) in [6, 6.07) is 13.6. The largest absolute Gasteiger partial charge is 0.494 e. The molecule has 3 amide bonds. The first kappa shape index (κ1) is 33.7. The molecule has 0 radical (unpaired) electrons. The molecular formula is C38H48N4O6. The lowest BCUT2D eigenvalue weighted by Crippen LogP contribution is -2.59. The number of nitrogens with zero attached hydrogens (tertiary/aromatic N) is 4. The van der Waals surface area contributed by atoms with Crippen LogP contribution in [0.15, 0.2) is 72.8 Å². The van der Waals surface area contributed by atoms with Crippen LogP contribution in [0, 0.1) is 11.8 Å². The Morgan fingerprint density at radius 1 is 0.833 bits per heavy atom. The number of aliphatic hydroxyl groups excluding tert-OH is 1. The molecule has 6 atom stereocenters. The summed E-state index contributed by atoms with van der Waals surface area (Å²) in [5, 5.41) is 10.5. The van der Waals surface area contributed by atoms with Gasteiger partial charge in [0.05, 0.1) is 36.7 Å². The summed E-state index contributed by atoms with van der Waals surface area (Å²) in [6.07, 6.45) is 8.50. The van der Waals surface area contributed by atoms with Gasteiger partial charge in [0.2, 0.25) is 11.8 Å². The molecular weight excluding hydrogens is 608 g/mol. The van der Waals surface area contributed by atoms with Crippen LogP contribution < -0.4 is 19.4 Å². The third-order valence-corrected chi connectivity index (χ3v) is 10.7. The van der Waals surface area contributed by atoms with Crippen molar-refractivity contribution in [3.05, 3.63) is 72.8 Å². The SMILES string of the molecule is CCOc1ccc(N2CC=C[C@]3(CC)O[C@]45C=CCN(c6ccc(N(CC)CC)cc6)C(=O)C4N([C@@H](CC)CO)C(=O)[C@@H]5[C@@H]3C2=O)cc1. The molecule has 0 aromatic heterocycles. The van der Waals surface area contributed by atoms with Crippen molar-refractivity contribution in [1.29, 1.82) is 0 Å². The van der Waals surface area contributed by atoms with Gasteiger partial charge in [0.25, 0.3) is 5.91 Å². The highest BCUT2D eigenvalue weighted by molar-refractivity contribution is 6.07. The van der Waals surface area contributed by atoms with Crippen LogP contribution in [0.4, 0.5) is 17.1 Å². The van der Waals surface area contributed by atoms with Gasteiger partial charge in [-0.25, -0.2) is 0 Å². The van der Waals surface area contributed by atoms with E-state index < -0.39 is 35.1 Å². The predicted octanol–water partition coefficient (Wildman–Crippen LogP) is 4.57. The van der Waals surface area contributed by atoms with Gasteiger partial charge in [-0.3, -0.25) is 14.4 Å². The van der Waals surface area contributed by atoms with E-state index in [1.54, 1.807) is 9.80 Å². The van der Waals surface area contributed by atoms with E-state index in [-0.39, 0.29) is 30.9 Å². The zero-order valence-electron chi connectivity index (χ0n) is 28.7. The second-order valence-electron chi connectivity index (χ2n) is 12.9. The molecule has 2 saturated heterocycles. The molecule has 1 spiro atoms. The van der Waals surface area contributed by atoms with Gasteiger partial charge < -0.3 is 34.2 Å². The number of likely N-dealkylation sites (tertiary alicyclic amines) is 1. The zero-order valence-corrected chi connectivity index (χ0v) is 28.7. The first-order valence-electron chi connectivity index (χ1n) is 17.4. The Hall–Kier alpha value is -4.15. The second-order valence-corrected chi connectivity index (χ2v) is 12.9. The summed E-state index contributed by atoms with van der Waals surface area (Å²) in [4.78, 5) is 51.7. The summed E-state index contributed by atoms with van der Waals surface area (Å²) in [5.74, 6) is -2.00. The molecule has 256 valence electrons. The van der Waals surface area contributed by atoms with E-state index in [1.807, 2.05) is 93.6 Å². The minimum absolute atomic E-state index is 0.229. The molecule has 6 rings (SSSR count). The number of carbonyl (C=O) groups excluding carboxylic acids is 3. The van der Waals surface area contributed by atoms with E-state index in [2.05, 4.69) is 18.7 Å². The van der Waals surface area contributed by atoms with Crippen LogP contribution in [-0.2, 0) is 19.1 Å². The van der Waals surface area contributed by atoms with Crippen molar-refractivity contribution < 1.29 is 29.0 Å². The summed E-state index contributed by atoms with van der Waals surface area (Å²) < 4.78 is 12.7. The average molecular weight is 657 g/mol. The fourth-order valence-electron chi connectivity index (χ4n) is 8.29. The van der Waals surface area contributed by atoms with Crippen molar-refractivity contribution in [2.24, 2.45) is 11.8 Å². The van der Waals surface area contributed by atoms with Crippen molar-refractivity contribution in [3.8, 4) is 5.75 Å². The van der Waals surface area contributed by atoms with Gasteiger partial charge in [0, 0.05) is 43.2 Å². The van der Waals surface area contributed by atoms with Crippen LogP contribution in [0.3, 0.4) is 0 Å². The summed E-state index contributed by atoms with van der Waals surface area (Å²) in [5.41, 5.74) is -0.0501. The van der Waals surface area contributed by atoms with Gasteiger partial charge in [0.1, 0.15) is 17.4 Å². The number of hydrogen-bond donors (Lipinski definition) is 1. The van der Waals surface area contributed by atoms with E-state index in [0.29, 0.717) is 43.1 Å². The minimum atomic E-state index is -1.41. The Bertz CT molecular complexity index is 1570. The third-order valence-electron chi connectivity index (χ3n) is 10.7. The second kappa shape index (κ2) is 13.4. The number of anilines is 3. The molecule has 4 heterocycles. The number of fused-ring (bicyclic) bond motifs is 2. The fourth-order valence-corrected chi connectivity index (χ4v) is 8.29. The quantitative estimate of drug-likeness (QED) is 0.354. The smallest absolute Gasteiger partial charge is 0.253 e. The van der Waals surface area contributed by atoms with Crippen LogP contribution in [-0.4, -0.2) is 90.4 Å². The van der Waals surface area contributed by atoms with Crippen LogP contribution >= 0.6 is 0 Å². The van der Waals surface area contributed by atoms with Gasteiger partial charge in [-0.15, -0.1) is 0 Å². The Balaban J connectivity index is 1.44. The Morgan fingerprint density at radius 3 is 2.00 bits per heavy atom. The van der Waals surface area contributed by atoms with E-state index >= 15 is 0 Å². The van der Waals surface area contributed by atoms with Crippen LogP contribution in [0.5, 0.6) is 5.75 Å². The van der Waals surface area contributed by atoms with Gasteiger partial charge in [-0.05, 0) is 82.1 Å². The van der Waals surface area contributed by atoms with E-state index in [9.17, 15) is 19.5 Å². The molecule has 48 heavy (non-hydrogen) atoms. The fraction of sp³-hybridized carbons (Fsp3) is 0.500. The number of rotatable bonds is 11. The Kier molecular flexibility index (Phi) is 9.42. The maximum atomic E-state index is 14.9. The standard InChI is InChI=1S/C38H48N4O6/c1-6-26(25-43)42-33-36(46)41(28-15-13-27(14-16-28)39(8-3)9-4)24-12-22-38(33)32(35(42)45)31-34(44)40(23-11-21-37(31,7-2)48-38)29-17-19-30(20-18-29)47-10-5/h11-22,26,31-33,43H,6-10,23-25H2,1-5H3/t26-,31+,32-,33?,37-,38-/m0/s1. The number of carbonyl (C=O) groups is 3. The summed E-state index contributed by atoms with van der Waals surface area (Å²) >= 11 is 0. The van der Waals surface area contributed by atoms with Gasteiger partial charge in [0.15, 0.2) is 0 Å². The van der Waals surface area contributed by atoms with Crippen LogP contribution in [0.2, 0.25) is 0 Å². The molecule has 10 heteroatoms. The lowest BCUT2D eigenvalue weighted by atomic mass is 9.73. The highest BCUT2D eigenvalue weighted by atomic mass is 16.5. The molecule has 1 N–H and O–H groups in total. The molecule has 0 aliphatic carbocycles.